The molecule has 0 saturated heterocycles. The number of hydrogen-bond acceptors (Lipinski definition) is 3. The molecule has 1 aromatic carbocycles. The van der Waals surface area contributed by atoms with E-state index in [1.807, 2.05) is 24.3 Å². The summed E-state index contributed by atoms with van der Waals surface area (Å²) in [4.78, 5) is 14.3. The number of urea groups is 1. The molecule has 3 fully saturated rings. The molecule has 0 heterocycles. The van der Waals surface area contributed by atoms with Crippen LogP contribution in [0, 0.1) is 23.7 Å². The van der Waals surface area contributed by atoms with E-state index in [2.05, 4.69) is 5.32 Å². The summed E-state index contributed by atoms with van der Waals surface area (Å²) in [5.74, 6) is 3.88. The highest BCUT2D eigenvalue weighted by Crippen LogP contribution is 2.65. The molecule has 5 nitrogen and oxygen atoms in total. The Bertz CT molecular complexity index is 602. The normalized spacial score (nSPS) is 33.7. The van der Waals surface area contributed by atoms with E-state index >= 15 is 0 Å². The van der Waals surface area contributed by atoms with Crippen LogP contribution in [0.15, 0.2) is 24.3 Å². The summed E-state index contributed by atoms with van der Waals surface area (Å²) in [7, 11) is 3.38. The Balaban J connectivity index is 1.39. The minimum Gasteiger partial charge on any atom is -0.497 e. The van der Waals surface area contributed by atoms with Crippen LogP contribution in [0.3, 0.4) is 0 Å². The SMILES string of the molecule is COc1ccc(C(CO)N(C)C(=O)NC2C3C4CCC(C4)C23)cc1. The topological polar surface area (TPSA) is 61.8 Å². The molecule has 5 heteroatoms. The average molecular weight is 330 g/mol. The van der Waals surface area contributed by atoms with Crippen LogP contribution in [0.5, 0.6) is 5.75 Å². The van der Waals surface area contributed by atoms with Crippen molar-refractivity contribution in [1.82, 2.24) is 10.2 Å². The quantitative estimate of drug-likeness (QED) is 0.871. The third kappa shape index (κ3) is 2.46. The Kier molecular flexibility index (Phi) is 3.91. The molecule has 0 aromatic heterocycles. The predicted molar refractivity (Wildman–Crippen MR) is 90.7 cm³/mol. The van der Waals surface area contributed by atoms with Gasteiger partial charge in [-0.25, -0.2) is 4.79 Å². The van der Waals surface area contributed by atoms with Crippen LogP contribution < -0.4 is 10.1 Å². The first-order chi connectivity index (χ1) is 11.6. The second-order valence-corrected chi connectivity index (χ2v) is 7.55. The number of aliphatic hydroxyl groups excluding tert-OH is 1. The second-order valence-electron chi connectivity index (χ2n) is 7.55. The van der Waals surface area contributed by atoms with Gasteiger partial charge >= 0.3 is 6.03 Å². The molecular weight excluding hydrogens is 304 g/mol. The van der Waals surface area contributed by atoms with Gasteiger partial charge in [-0.2, -0.15) is 0 Å². The molecule has 4 rings (SSSR count). The average Bonchev–Trinajstić information content (AvgIpc) is 2.98. The van der Waals surface area contributed by atoms with Gasteiger partial charge < -0.3 is 20.1 Å². The van der Waals surface area contributed by atoms with E-state index in [9.17, 15) is 9.90 Å². The number of nitrogens with zero attached hydrogens (tertiary/aromatic N) is 1. The first-order valence-corrected chi connectivity index (χ1v) is 8.92. The highest BCUT2D eigenvalue weighted by atomic mass is 16.5. The number of carbonyl (C=O) groups excluding carboxylic acids is 1. The van der Waals surface area contributed by atoms with E-state index in [-0.39, 0.29) is 18.7 Å². The smallest absolute Gasteiger partial charge is 0.317 e. The summed E-state index contributed by atoms with van der Waals surface area (Å²) in [5.41, 5.74) is 0.909. The maximum atomic E-state index is 12.6. The number of ether oxygens (including phenoxy) is 1. The van der Waals surface area contributed by atoms with Gasteiger partial charge in [-0.05, 0) is 60.6 Å². The van der Waals surface area contributed by atoms with Crippen molar-refractivity contribution in [3.05, 3.63) is 29.8 Å². The lowest BCUT2D eigenvalue weighted by Crippen LogP contribution is -2.43. The van der Waals surface area contributed by atoms with E-state index in [1.165, 1.54) is 19.3 Å². The first-order valence-electron chi connectivity index (χ1n) is 8.92. The molecule has 130 valence electrons. The number of aliphatic hydroxyl groups is 1. The lowest BCUT2D eigenvalue weighted by Gasteiger charge is -2.28. The molecule has 3 aliphatic carbocycles. The molecule has 5 atom stereocenters. The van der Waals surface area contributed by atoms with Crippen molar-refractivity contribution in [2.24, 2.45) is 23.7 Å². The summed E-state index contributed by atoms with van der Waals surface area (Å²) < 4.78 is 5.16. The molecule has 0 spiro atoms. The number of amides is 2. The second kappa shape index (κ2) is 5.96. The van der Waals surface area contributed by atoms with Gasteiger partial charge in [0.25, 0.3) is 0 Å². The Morgan fingerprint density at radius 2 is 1.92 bits per heavy atom. The maximum absolute atomic E-state index is 12.6. The number of fused-ring (bicyclic) bond motifs is 5. The van der Waals surface area contributed by atoms with Crippen LogP contribution in [0.2, 0.25) is 0 Å². The van der Waals surface area contributed by atoms with Crippen LogP contribution in [-0.2, 0) is 0 Å². The van der Waals surface area contributed by atoms with Gasteiger partial charge in [0.2, 0.25) is 0 Å². The molecule has 3 saturated carbocycles. The number of rotatable bonds is 5. The van der Waals surface area contributed by atoms with Crippen LogP contribution >= 0.6 is 0 Å². The van der Waals surface area contributed by atoms with Crippen molar-refractivity contribution in [3.8, 4) is 5.75 Å². The van der Waals surface area contributed by atoms with E-state index in [0.29, 0.717) is 6.04 Å². The monoisotopic (exact) mass is 330 g/mol. The van der Waals surface area contributed by atoms with Gasteiger partial charge in [-0.1, -0.05) is 12.1 Å². The molecule has 1 aromatic rings. The van der Waals surface area contributed by atoms with Gasteiger partial charge in [0.05, 0.1) is 19.8 Å². The maximum Gasteiger partial charge on any atom is 0.317 e. The number of likely N-dealkylation sites (N-methyl/N-ethyl adjacent to an activating group) is 1. The van der Waals surface area contributed by atoms with Crippen molar-refractivity contribution in [3.63, 3.8) is 0 Å². The third-order valence-electron chi connectivity index (χ3n) is 6.49. The Hall–Kier alpha value is -1.75. The van der Waals surface area contributed by atoms with Crippen molar-refractivity contribution >= 4 is 6.03 Å². The minimum atomic E-state index is -0.341. The zero-order chi connectivity index (χ0) is 16.8. The first kappa shape index (κ1) is 15.8. The summed E-state index contributed by atoms with van der Waals surface area (Å²) in [6.45, 7) is -0.0982. The van der Waals surface area contributed by atoms with E-state index in [0.717, 1.165) is 35.0 Å². The fraction of sp³-hybridized carbons (Fsp3) is 0.632. The van der Waals surface area contributed by atoms with Crippen molar-refractivity contribution in [1.29, 1.82) is 0 Å². The van der Waals surface area contributed by atoms with Crippen LogP contribution in [0.4, 0.5) is 4.79 Å². The molecule has 0 radical (unpaired) electrons. The Morgan fingerprint density at radius 3 is 2.46 bits per heavy atom. The molecule has 2 N–H and O–H groups in total. The molecule has 0 aliphatic heterocycles. The number of nitrogens with one attached hydrogen (secondary N) is 1. The fourth-order valence-electron chi connectivity index (χ4n) is 5.18. The standard InChI is InChI=1S/C19H26N2O3/c1-21(15(10-22)11-5-7-14(24-2)8-6-11)19(23)20-18-16-12-3-4-13(9-12)17(16)18/h5-8,12-13,15-18,22H,3-4,9-10H2,1-2H3,(H,20,23). The predicted octanol–water partition coefficient (Wildman–Crippen LogP) is 2.41. The summed E-state index contributed by atoms with van der Waals surface area (Å²) in [6, 6.07) is 7.45. The van der Waals surface area contributed by atoms with E-state index < -0.39 is 0 Å². The van der Waals surface area contributed by atoms with Gasteiger partial charge in [-0.15, -0.1) is 0 Å². The molecule has 2 bridgehead atoms. The van der Waals surface area contributed by atoms with Gasteiger partial charge in [0, 0.05) is 13.1 Å². The van der Waals surface area contributed by atoms with Crippen LogP contribution in [-0.4, -0.2) is 42.8 Å². The van der Waals surface area contributed by atoms with E-state index in [1.54, 1.807) is 19.1 Å². The summed E-state index contributed by atoms with van der Waals surface area (Å²) in [6.07, 6.45) is 4.07. The zero-order valence-electron chi connectivity index (χ0n) is 14.3. The molecule has 2 amide bonds. The van der Waals surface area contributed by atoms with Crippen molar-refractivity contribution in [2.45, 2.75) is 31.3 Å². The lowest BCUT2D eigenvalue weighted by molar-refractivity contribution is 0.148. The molecule has 5 unspecified atom stereocenters. The third-order valence-corrected chi connectivity index (χ3v) is 6.49. The van der Waals surface area contributed by atoms with Gasteiger partial charge in [0.1, 0.15) is 5.75 Å². The molecule has 24 heavy (non-hydrogen) atoms. The van der Waals surface area contributed by atoms with Crippen LogP contribution in [0.1, 0.15) is 30.9 Å². The summed E-state index contributed by atoms with van der Waals surface area (Å²) in [5, 5.41) is 13.0. The minimum absolute atomic E-state index is 0.0799. The van der Waals surface area contributed by atoms with Crippen LogP contribution in [0.25, 0.3) is 0 Å². The van der Waals surface area contributed by atoms with Crippen molar-refractivity contribution in [2.75, 3.05) is 20.8 Å². The highest BCUT2D eigenvalue weighted by Gasteiger charge is 2.65. The number of hydrogen-bond donors (Lipinski definition) is 2. The summed E-state index contributed by atoms with van der Waals surface area (Å²) >= 11 is 0. The number of methoxy groups -OCH3 is 1. The molecule has 3 aliphatic rings. The molecular formula is C19H26N2O3. The Morgan fingerprint density at radius 1 is 1.29 bits per heavy atom. The zero-order valence-corrected chi connectivity index (χ0v) is 14.3. The van der Waals surface area contributed by atoms with Gasteiger partial charge in [-0.3, -0.25) is 0 Å². The van der Waals surface area contributed by atoms with Gasteiger partial charge in [0.15, 0.2) is 0 Å². The number of carbonyl (C=O) groups is 1. The van der Waals surface area contributed by atoms with E-state index in [4.69, 9.17) is 4.74 Å². The van der Waals surface area contributed by atoms with Crippen molar-refractivity contribution < 1.29 is 14.6 Å². The Labute approximate surface area is 143 Å². The number of benzene rings is 1. The largest absolute Gasteiger partial charge is 0.497 e. The highest BCUT2D eigenvalue weighted by molar-refractivity contribution is 5.75. The lowest BCUT2D eigenvalue weighted by atomic mass is 10.0. The fourth-order valence-corrected chi connectivity index (χ4v) is 5.18.